The van der Waals surface area contributed by atoms with E-state index in [1.807, 2.05) is 43.3 Å². The van der Waals surface area contributed by atoms with Crippen LogP contribution >= 0.6 is 11.6 Å². The summed E-state index contributed by atoms with van der Waals surface area (Å²) in [4.78, 5) is 16.5. The van der Waals surface area contributed by atoms with Crippen LogP contribution in [0.4, 0.5) is 0 Å². The van der Waals surface area contributed by atoms with E-state index in [2.05, 4.69) is 10.3 Å². The summed E-state index contributed by atoms with van der Waals surface area (Å²) in [6, 6.07) is 11.8. The first kappa shape index (κ1) is 14.1. The van der Waals surface area contributed by atoms with Crippen LogP contribution in [0.5, 0.6) is 0 Å². The number of rotatable bonds is 3. The van der Waals surface area contributed by atoms with Crippen LogP contribution in [0.15, 0.2) is 42.6 Å². The lowest BCUT2D eigenvalue weighted by atomic mass is 9.75. The lowest BCUT2D eigenvalue weighted by Gasteiger charge is -2.37. The number of pyridine rings is 1. The smallest absolute Gasteiger partial charge is 0.270 e. The molecule has 1 aromatic heterocycles. The highest BCUT2D eigenvalue weighted by Crippen LogP contribution is 2.37. The van der Waals surface area contributed by atoms with Crippen molar-refractivity contribution in [3.8, 4) is 0 Å². The van der Waals surface area contributed by atoms with Gasteiger partial charge in [0.05, 0.1) is 0 Å². The molecule has 1 heterocycles. The largest absolute Gasteiger partial charge is 0.347 e. The lowest BCUT2D eigenvalue weighted by Crippen LogP contribution is -2.45. The highest BCUT2D eigenvalue weighted by molar-refractivity contribution is 6.30. The van der Waals surface area contributed by atoms with Gasteiger partial charge < -0.3 is 5.32 Å². The van der Waals surface area contributed by atoms with Gasteiger partial charge in [0.1, 0.15) is 5.69 Å². The van der Waals surface area contributed by atoms with Crippen LogP contribution in [0.3, 0.4) is 0 Å². The summed E-state index contributed by atoms with van der Waals surface area (Å²) < 4.78 is 0. The summed E-state index contributed by atoms with van der Waals surface area (Å²) in [5, 5.41) is 3.84. The molecule has 3 rings (SSSR count). The molecule has 0 bridgehead atoms. The molecule has 0 radical (unpaired) electrons. The fourth-order valence-electron chi connectivity index (χ4n) is 2.74. The number of carbonyl (C=O) groups excluding carboxylic acids is 1. The molecule has 1 aliphatic rings. The van der Waals surface area contributed by atoms with E-state index < -0.39 is 0 Å². The van der Waals surface area contributed by atoms with Crippen molar-refractivity contribution in [2.75, 3.05) is 0 Å². The average Bonchev–Trinajstić information content (AvgIpc) is 2.46. The zero-order valence-electron chi connectivity index (χ0n) is 11.8. The van der Waals surface area contributed by atoms with E-state index >= 15 is 0 Å². The number of carbonyl (C=O) groups is 1. The number of aryl methyl sites for hydroxylation is 1. The zero-order chi connectivity index (χ0) is 14.8. The predicted octanol–water partition coefficient (Wildman–Crippen LogP) is 3.72. The molecule has 0 spiro atoms. The number of nitrogens with one attached hydrogen (secondary N) is 1. The summed E-state index contributed by atoms with van der Waals surface area (Å²) in [6.07, 6.45) is 3.75. The van der Waals surface area contributed by atoms with E-state index in [0.717, 1.165) is 23.4 Å². The Bertz CT molecular complexity index is 654. The van der Waals surface area contributed by atoms with Gasteiger partial charge in [-0.1, -0.05) is 29.8 Å². The second kappa shape index (κ2) is 5.86. The number of aromatic nitrogens is 1. The Balaban J connectivity index is 1.70. The molecule has 108 valence electrons. The third-order valence-corrected chi connectivity index (χ3v) is 4.37. The fourth-order valence-corrected chi connectivity index (χ4v) is 2.87. The Morgan fingerprint density at radius 3 is 2.62 bits per heavy atom. The number of nitrogens with zero attached hydrogens (tertiary/aromatic N) is 1. The van der Waals surface area contributed by atoms with Crippen molar-refractivity contribution in [2.45, 2.75) is 31.7 Å². The van der Waals surface area contributed by atoms with E-state index in [0.29, 0.717) is 11.6 Å². The van der Waals surface area contributed by atoms with Crippen LogP contribution in [-0.4, -0.2) is 16.9 Å². The van der Waals surface area contributed by atoms with Crippen molar-refractivity contribution in [1.29, 1.82) is 0 Å². The van der Waals surface area contributed by atoms with Gasteiger partial charge in [0.25, 0.3) is 5.91 Å². The van der Waals surface area contributed by atoms with E-state index in [9.17, 15) is 4.79 Å². The molecule has 3 nitrogen and oxygen atoms in total. The number of benzene rings is 1. The first-order valence-electron chi connectivity index (χ1n) is 7.13. The first-order chi connectivity index (χ1) is 10.1. The molecule has 2 atom stereocenters. The second-order valence-corrected chi connectivity index (χ2v) is 5.92. The summed E-state index contributed by atoms with van der Waals surface area (Å²) in [7, 11) is 0. The van der Waals surface area contributed by atoms with E-state index in [1.165, 1.54) is 5.56 Å². The minimum atomic E-state index is -0.0863. The summed E-state index contributed by atoms with van der Waals surface area (Å²) in [5.41, 5.74) is 2.64. The summed E-state index contributed by atoms with van der Waals surface area (Å²) in [5.74, 6) is 0.284. The molecule has 2 aromatic rings. The van der Waals surface area contributed by atoms with E-state index in [1.54, 1.807) is 6.20 Å². The molecule has 21 heavy (non-hydrogen) atoms. The maximum Gasteiger partial charge on any atom is 0.270 e. The molecule has 1 aromatic carbocycles. The van der Waals surface area contributed by atoms with Crippen LogP contribution < -0.4 is 5.32 Å². The van der Waals surface area contributed by atoms with Gasteiger partial charge in [-0.15, -0.1) is 0 Å². The normalized spacial score (nSPS) is 20.7. The molecule has 0 unspecified atom stereocenters. The quantitative estimate of drug-likeness (QED) is 0.938. The molecule has 1 saturated carbocycles. The Morgan fingerprint density at radius 1 is 1.24 bits per heavy atom. The van der Waals surface area contributed by atoms with Crippen LogP contribution in [-0.2, 0) is 0 Å². The molecule has 0 saturated heterocycles. The topological polar surface area (TPSA) is 42.0 Å². The highest BCUT2D eigenvalue weighted by atomic mass is 35.5. The molecule has 1 N–H and O–H groups in total. The summed E-state index contributed by atoms with van der Waals surface area (Å²) >= 11 is 5.92. The number of halogens is 1. The van der Waals surface area contributed by atoms with Gasteiger partial charge in [0.2, 0.25) is 0 Å². The molecule has 1 aliphatic carbocycles. The fraction of sp³-hybridized carbons (Fsp3) is 0.294. The van der Waals surface area contributed by atoms with Gasteiger partial charge in [-0.25, -0.2) is 0 Å². The van der Waals surface area contributed by atoms with Crippen LogP contribution in [0.2, 0.25) is 5.02 Å². The monoisotopic (exact) mass is 300 g/mol. The number of hydrogen-bond acceptors (Lipinski definition) is 2. The number of hydrogen-bond donors (Lipinski definition) is 1. The average molecular weight is 301 g/mol. The molecule has 1 amide bonds. The van der Waals surface area contributed by atoms with Crippen molar-refractivity contribution >= 4 is 17.5 Å². The van der Waals surface area contributed by atoms with E-state index in [-0.39, 0.29) is 11.9 Å². The minimum Gasteiger partial charge on any atom is -0.347 e. The third kappa shape index (κ3) is 2.93. The Hall–Kier alpha value is -1.87. The van der Waals surface area contributed by atoms with E-state index in [4.69, 9.17) is 11.6 Å². The maximum atomic E-state index is 12.3. The Morgan fingerprint density at radius 2 is 2.00 bits per heavy atom. The van der Waals surface area contributed by atoms with Crippen molar-refractivity contribution < 1.29 is 4.79 Å². The van der Waals surface area contributed by atoms with Crippen LogP contribution in [0.1, 0.15) is 40.4 Å². The van der Waals surface area contributed by atoms with Crippen molar-refractivity contribution in [3.05, 3.63) is 64.4 Å². The van der Waals surface area contributed by atoms with Crippen molar-refractivity contribution in [1.82, 2.24) is 10.3 Å². The predicted molar refractivity (Wildman–Crippen MR) is 83.7 cm³/mol. The van der Waals surface area contributed by atoms with Crippen molar-refractivity contribution in [2.24, 2.45) is 0 Å². The van der Waals surface area contributed by atoms with Crippen molar-refractivity contribution in [3.63, 3.8) is 0 Å². The third-order valence-electron chi connectivity index (χ3n) is 4.11. The standard InChI is InChI=1S/C17H17ClN2O/c1-11-3-2-10-19-16(11)17(21)20-15-9-8-14(15)12-4-6-13(18)7-5-12/h2-7,10,14-15H,8-9H2,1H3,(H,20,21)/t14-,15-/m0/s1. The van der Waals surface area contributed by atoms with Gasteiger partial charge in [-0.3, -0.25) is 9.78 Å². The SMILES string of the molecule is Cc1cccnc1C(=O)N[C@H]1CC[C@H]1c1ccc(Cl)cc1. The molecule has 1 fully saturated rings. The molecule has 4 heteroatoms. The summed E-state index contributed by atoms with van der Waals surface area (Å²) in [6.45, 7) is 1.90. The van der Waals surface area contributed by atoms with Crippen LogP contribution in [0, 0.1) is 6.92 Å². The zero-order valence-corrected chi connectivity index (χ0v) is 12.6. The molecular weight excluding hydrogens is 284 g/mol. The van der Waals surface area contributed by atoms with Gasteiger partial charge >= 0.3 is 0 Å². The second-order valence-electron chi connectivity index (χ2n) is 5.48. The molecular formula is C17H17ClN2O. The lowest BCUT2D eigenvalue weighted by molar-refractivity contribution is 0.0899. The Labute approximate surface area is 129 Å². The van der Waals surface area contributed by atoms with Gasteiger partial charge in [-0.2, -0.15) is 0 Å². The van der Waals surface area contributed by atoms with Crippen LogP contribution in [0.25, 0.3) is 0 Å². The van der Waals surface area contributed by atoms with Gasteiger partial charge in [0, 0.05) is 23.2 Å². The highest BCUT2D eigenvalue weighted by Gasteiger charge is 2.33. The van der Waals surface area contributed by atoms with Gasteiger partial charge in [-0.05, 0) is 49.1 Å². The van der Waals surface area contributed by atoms with Gasteiger partial charge in [0.15, 0.2) is 0 Å². The molecule has 0 aliphatic heterocycles. The number of amides is 1. The first-order valence-corrected chi connectivity index (χ1v) is 7.51. The minimum absolute atomic E-state index is 0.0863. The Kier molecular flexibility index (Phi) is 3.93. The maximum absolute atomic E-state index is 12.3.